The molecule has 0 radical (unpaired) electrons. The number of benzene rings is 6. The molecule has 298 valence electrons. The number of para-hydroxylation sites is 2. The van der Waals surface area contributed by atoms with Gasteiger partial charge in [-0.15, -0.1) is 0 Å². The molecule has 0 aliphatic carbocycles. The van der Waals surface area contributed by atoms with Gasteiger partial charge in [-0.25, -0.2) is 0 Å². The Morgan fingerprint density at radius 3 is 1.36 bits per heavy atom. The van der Waals surface area contributed by atoms with Crippen LogP contribution >= 0.6 is 0 Å². The monoisotopic (exact) mass is 815 g/mol. The Hall–Kier alpha value is -4.69. The van der Waals surface area contributed by atoms with E-state index in [1.165, 1.54) is 52.1 Å². The standard InChI is InChI=1S/C15H14O.C14H11N.C12H8Se.6C2H6/c1-15(2)13-9-5-3-7-11(13)12-8-4-6-10-14(12)16-15;1-10-11-6-2-3-7-12(11)13-8-4-5-9-14(13)15-10;1-3-7-11-9(5-1)10-6-2-4-8-12(10)13-11;6*1-2/h3-10H,1-2H3;2-9H,1H3;1-8H;6*1-2H3. The fourth-order valence-electron chi connectivity index (χ4n) is 6.10. The van der Waals surface area contributed by atoms with Gasteiger partial charge < -0.3 is 4.74 Å². The zero-order valence-corrected chi connectivity index (χ0v) is 38.8. The molecule has 0 atom stereocenters. The summed E-state index contributed by atoms with van der Waals surface area (Å²) in [5.41, 5.74) is 5.67. The van der Waals surface area contributed by atoms with Gasteiger partial charge in [0, 0.05) is 27.6 Å². The molecule has 6 aromatic carbocycles. The van der Waals surface area contributed by atoms with Crippen LogP contribution in [0, 0.1) is 6.92 Å². The molecule has 1 aliphatic heterocycles. The van der Waals surface area contributed by atoms with Gasteiger partial charge in [0.05, 0.1) is 5.52 Å². The zero-order valence-electron chi connectivity index (χ0n) is 37.1. The number of hydrogen-bond acceptors (Lipinski definition) is 2. The number of aromatic nitrogens is 1. The second-order valence-electron chi connectivity index (χ2n) is 11.5. The van der Waals surface area contributed by atoms with Crippen LogP contribution in [0.4, 0.5) is 0 Å². The van der Waals surface area contributed by atoms with Gasteiger partial charge in [-0.3, -0.25) is 4.98 Å². The van der Waals surface area contributed by atoms with E-state index in [4.69, 9.17) is 4.74 Å². The quantitative estimate of drug-likeness (QED) is 0.112. The number of nitrogens with zero attached hydrogens (tertiary/aromatic N) is 1. The number of rotatable bonds is 0. The van der Waals surface area contributed by atoms with Gasteiger partial charge in [-0.2, -0.15) is 0 Å². The number of hydrogen-bond donors (Lipinski definition) is 0. The zero-order chi connectivity index (χ0) is 42.1. The first kappa shape index (κ1) is 49.3. The van der Waals surface area contributed by atoms with Gasteiger partial charge in [0.25, 0.3) is 0 Å². The summed E-state index contributed by atoms with van der Waals surface area (Å²) in [7, 11) is 0. The molecular weight excluding hydrogens is 746 g/mol. The average molecular weight is 815 g/mol. The van der Waals surface area contributed by atoms with Crippen molar-refractivity contribution in [2.24, 2.45) is 0 Å². The number of pyridine rings is 1. The van der Waals surface area contributed by atoms with E-state index in [0.29, 0.717) is 14.5 Å². The third-order valence-electron chi connectivity index (χ3n) is 8.20. The van der Waals surface area contributed by atoms with Gasteiger partial charge in [0.1, 0.15) is 11.4 Å². The van der Waals surface area contributed by atoms with Crippen LogP contribution in [0.3, 0.4) is 0 Å². The van der Waals surface area contributed by atoms with Crippen molar-refractivity contribution >= 4 is 55.5 Å². The Labute approximate surface area is 346 Å². The van der Waals surface area contributed by atoms with Gasteiger partial charge in [-0.1, -0.05) is 168 Å². The summed E-state index contributed by atoms with van der Waals surface area (Å²) in [6, 6.07) is 50.8. The Morgan fingerprint density at radius 1 is 0.411 bits per heavy atom. The van der Waals surface area contributed by atoms with Crippen LogP contribution in [0.1, 0.15) is 108 Å². The van der Waals surface area contributed by atoms with E-state index in [0.717, 1.165) is 17.0 Å². The van der Waals surface area contributed by atoms with E-state index in [9.17, 15) is 0 Å². The third kappa shape index (κ3) is 12.4. The van der Waals surface area contributed by atoms with Crippen LogP contribution in [0.25, 0.3) is 52.1 Å². The second-order valence-corrected chi connectivity index (χ2v) is 13.8. The Balaban J connectivity index is 0.000000371. The summed E-state index contributed by atoms with van der Waals surface area (Å²) in [6.45, 7) is 30.3. The molecule has 0 unspecified atom stereocenters. The van der Waals surface area contributed by atoms with Crippen LogP contribution in [0.2, 0.25) is 0 Å². The molecule has 9 rings (SSSR count). The van der Waals surface area contributed by atoms with Gasteiger partial charge in [-0.05, 0) is 43.9 Å². The van der Waals surface area contributed by atoms with E-state index in [1.54, 1.807) is 0 Å². The molecule has 0 saturated heterocycles. The molecule has 0 spiro atoms. The molecule has 0 saturated carbocycles. The summed E-state index contributed by atoms with van der Waals surface area (Å²) < 4.78 is 9.09. The summed E-state index contributed by atoms with van der Waals surface area (Å²) in [5.74, 6) is 0.978. The van der Waals surface area contributed by atoms with Crippen LogP contribution in [-0.4, -0.2) is 19.5 Å². The van der Waals surface area contributed by atoms with Gasteiger partial charge in [0.15, 0.2) is 0 Å². The predicted molar refractivity (Wildman–Crippen MR) is 256 cm³/mol. The molecule has 8 aromatic rings. The van der Waals surface area contributed by atoms with E-state index < -0.39 is 0 Å². The van der Waals surface area contributed by atoms with Crippen LogP contribution in [0.5, 0.6) is 5.75 Å². The van der Waals surface area contributed by atoms with Gasteiger partial charge in [0.2, 0.25) is 0 Å². The minimum atomic E-state index is -0.245. The van der Waals surface area contributed by atoms with Crippen molar-refractivity contribution in [1.29, 1.82) is 0 Å². The minimum absolute atomic E-state index is 0.245. The van der Waals surface area contributed by atoms with Crippen LogP contribution < -0.4 is 4.74 Å². The molecule has 3 heterocycles. The molecular formula is C53H69NOSe. The molecule has 2 nitrogen and oxygen atoms in total. The van der Waals surface area contributed by atoms with Crippen molar-refractivity contribution in [1.82, 2.24) is 4.98 Å². The first-order valence-electron chi connectivity index (χ1n) is 21.0. The first-order chi connectivity index (χ1) is 27.5. The van der Waals surface area contributed by atoms with Crippen molar-refractivity contribution in [3.05, 3.63) is 157 Å². The van der Waals surface area contributed by atoms with Crippen molar-refractivity contribution in [3.8, 4) is 16.9 Å². The number of aryl methyl sites for hydroxylation is 1. The van der Waals surface area contributed by atoms with E-state index in [1.807, 2.05) is 101 Å². The van der Waals surface area contributed by atoms with E-state index >= 15 is 0 Å². The summed E-state index contributed by atoms with van der Waals surface area (Å²) in [4.78, 5) is 4.60. The molecule has 0 amide bonds. The fourth-order valence-corrected chi connectivity index (χ4v) is 8.42. The van der Waals surface area contributed by atoms with E-state index in [2.05, 4.69) is 153 Å². The number of ether oxygens (including phenoxy) is 1. The van der Waals surface area contributed by atoms with E-state index in [-0.39, 0.29) is 5.60 Å². The van der Waals surface area contributed by atoms with Crippen molar-refractivity contribution < 1.29 is 4.74 Å². The topological polar surface area (TPSA) is 22.1 Å². The predicted octanol–water partition coefficient (Wildman–Crippen LogP) is 16.9. The SMILES string of the molecule is CC.CC.CC.CC.CC.CC.CC1(C)Oc2ccccc2-c2ccccc21.Cc1nc2ccccc2c2ccccc12.c1ccc2c(c1)[se]c1ccccc12. The maximum atomic E-state index is 6.05. The Bertz CT molecular complexity index is 2210. The normalized spacial score (nSPS) is 10.7. The van der Waals surface area contributed by atoms with Crippen molar-refractivity contribution in [3.63, 3.8) is 0 Å². The third-order valence-corrected chi connectivity index (χ3v) is 10.6. The van der Waals surface area contributed by atoms with Gasteiger partial charge >= 0.3 is 82.3 Å². The summed E-state index contributed by atoms with van der Waals surface area (Å²) >= 11 is 0.535. The summed E-state index contributed by atoms with van der Waals surface area (Å²) in [5, 5.41) is 6.66. The van der Waals surface area contributed by atoms with Crippen LogP contribution in [0.15, 0.2) is 146 Å². The van der Waals surface area contributed by atoms with Crippen LogP contribution in [-0.2, 0) is 5.60 Å². The van der Waals surface area contributed by atoms with Crippen molar-refractivity contribution in [2.75, 3.05) is 0 Å². The van der Waals surface area contributed by atoms with Crippen molar-refractivity contribution in [2.45, 2.75) is 109 Å². The Kier molecular flexibility index (Phi) is 23.8. The molecule has 0 bridgehead atoms. The second kappa shape index (κ2) is 27.0. The molecule has 0 N–H and O–H groups in total. The fraction of sp³-hybridized carbons (Fsp3) is 0.302. The molecule has 56 heavy (non-hydrogen) atoms. The first-order valence-corrected chi connectivity index (χ1v) is 22.7. The average Bonchev–Trinajstić information content (AvgIpc) is 3.67. The molecule has 1 aliphatic rings. The molecule has 2 aromatic heterocycles. The number of fused-ring (bicyclic) bond motifs is 9. The maximum absolute atomic E-state index is 6.05. The molecule has 0 fully saturated rings. The summed E-state index contributed by atoms with van der Waals surface area (Å²) in [6.07, 6.45) is 0. The Morgan fingerprint density at radius 2 is 0.804 bits per heavy atom. The molecule has 3 heteroatoms.